The van der Waals surface area contributed by atoms with Crippen LogP contribution in [-0.2, 0) is 14.8 Å². The Morgan fingerprint density at radius 1 is 1.18 bits per heavy atom. The highest BCUT2D eigenvalue weighted by Gasteiger charge is 2.19. The van der Waals surface area contributed by atoms with Gasteiger partial charge in [0, 0.05) is 37.8 Å². The third kappa shape index (κ3) is 7.13. The molecular formula is C26H37N3O4S. The van der Waals surface area contributed by atoms with Crippen LogP contribution in [0.3, 0.4) is 0 Å². The summed E-state index contributed by atoms with van der Waals surface area (Å²) < 4.78 is 31.1. The van der Waals surface area contributed by atoms with Gasteiger partial charge in [0.05, 0.1) is 25.1 Å². The number of hydrogen-bond donors (Lipinski definition) is 1. The van der Waals surface area contributed by atoms with Crippen LogP contribution >= 0.6 is 0 Å². The molecule has 1 aliphatic rings. The van der Waals surface area contributed by atoms with E-state index in [0.29, 0.717) is 17.9 Å². The molecule has 34 heavy (non-hydrogen) atoms. The maximum atomic E-state index is 12.5. The van der Waals surface area contributed by atoms with Crippen molar-refractivity contribution >= 4 is 27.3 Å². The highest BCUT2D eigenvalue weighted by Crippen LogP contribution is 2.25. The molecule has 8 heteroatoms. The maximum Gasteiger partial charge on any atom is 0.232 e. The van der Waals surface area contributed by atoms with Crippen molar-refractivity contribution in [3.63, 3.8) is 0 Å². The number of anilines is 2. The van der Waals surface area contributed by atoms with E-state index in [1.807, 2.05) is 6.92 Å². The number of rotatable bonds is 10. The van der Waals surface area contributed by atoms with Crippen LogP contribution in [0.2, 0.25) is 0 Å². The lowest BCUT2D eigenvalue weighted by molar-refractivity contribution is -0.121. The second kappa shape index (κ2) is 11.6. The Balaban J connectivity index is 1.51. The van der Waals surface area contributed by atoms with Crippen LogP contribution in [0.5, 0.6) is 5.75 Å². The van der Waals surface area contributed by atoms with Crippen molar-refractivity contribution in [2.75, 3.05) is 42.2 Å². The van der Waals surface area contributed by atoms with Gasteiger partial charge in [0.1, 0.15) is 5.75 Å². The summed E-state index contributed by atoms with van der Waals surface area (Å²) in [5, 5.41) is 3.03. The minimum Gasteiger partial charge on any atom is -0.497 e. The number of hydrogen-bond acceptors (Lipinski definition) is 5. The number of piperidine rings is 1. The molecule has 1 saturated heterocycles. The molecule has 1 heterocycles. The predicted octanol–water partition coefficient (Wildman–Crippen LogP) is 4.36. The van der Waals surface area contributed by atoms with E-state index >= 15 is 0 Å². The molecule has 1 N–H and O–H groups in total. The molecule has 1 fully saturated rings. The van der Waals surface area contributed by atoms with Gasteiger partial charge in [-0.05, 0) is 61.9 Å². The van der Waals surface area contributed by atoms with E-state index in [1.165, 1.54) is 36.2 Å². The molecule has 1 unspecified atom stereocenters. The zero-order valence-electron chi connectivity index (χ0n) is 20.7. The number of nitrogens with one attached hydrogen (secondary N) is 1. The minimum atomic E-state index is -3.48. The van der Waals surface area contributed by atoms with Crippen molar-refractivity contribution in [1.82, 2.24) is 5.32 Å². The lowest BCUT2D eigenvalue weighted by atomic mass is 9.98. The number of amides is 1. The van der Waals surface area contributed by atoms with Gasteiger partial charge in [0.2, 0.25) is 15.9 Å². The molecule has 0 aromatic heterocycles. The Kier molecular flexibility index (Phi) is 8.83. The normalized spacial score (nSPS) is 15.6. The zero-order valence-corrected chi connectivity index (χ0v) is 21.5. The number of nitrogens with zero attached hydrogens (tertiary/aromatic N) is 2. The molecule has 2 aromatic carbocycles. The molecule has 186 valence electrons. The second-order valence-electron chi connectivity index (χ2n) is 9.19. The molecule has 1 atom stereocenters. The van der Waals surface area contributed by atoms with Crippen molar-refractivity contribution in [1.29, 1.82) is 0 Å². The van der Waals surface area contributed by atoms with E-state index in [9.17, 15) is 13.2 Å². The van der Waals surface area contributed by atoms with Gasteiger partial charge in [0.15, 0.2) is 0 Å². The Labute approximate surface area is 204 Å². The number of carbonyl (C=O) groups excluding carboxylic acids is 1. The van der Waals surface area contributed by atoms with E-state index in [-0.39, 0.29) is 24.9 Å². The first kappa shape index (κ1) is 25.9. The first-order valence-corrected chi connectivity index (χ1v) is 13.8. The Morgan fingerprint density at radius 3 is 2.47 bits per heavy atom. The highest BCUT2D eigenvalue weighted by atomic mass is 32.2. The first-order valence-electron chi connectivity index (χ1n) is 11.9. The van der Waals surface area contributed by atoms with Crippen LogP contribution in [0.25, 0.3) is 0 Å². The number of ether oxygens (including phenoxy) is 1. The SMILES string of the molecule is COc1cccc(N(CCCC(=O)NC(C)c2ccc(N3CCC(C)CC3)cc2)S(C)(=O)=O)c1. The summed E-state index contributed by atoms with van der Waals surface area (Å²) in [6.45, 7) is 6.67. The molecule has 7 nitrogen and oxygen atoms in total. The Bertz CT molecular complexity index is 1050. The van der Waals surface area contributed by atoms with E-state index in [1.54, 1.807) is 24.3 Å². The van der Waals surface area contributed by atoms with Crippen LogP contribution in [0, 0.1) is 5.92 Å². The van der Waals surface area contributed by atoms with Crippen molar-refractivity contribution in [2.24, 2.45) is 5.92 Å². The summed E-state index contributed by atoms with van der Waals surface area (Å²) in [4.78, 5) is 15.0. The summed E-state index contributed by atoms with van der Waals surface area (Å²) >= 11 is 0. The van der Waals surface area contributed by atoms with Crippen molar-refractivity contribution in [3.05, 3.63) is 54.1 Å². The first-order chi connectivity index (χ1) is 16.2. The van der Waals surface area contributed by atoms with E-state index in [4.69, 9.17) is 4.74 Å². The number of benzene rings is 2. The fourth-order valence-electron chi connectivity index (χ4n) is 4.27. The standard InChI is InChI=1S/C26H37N3O4S/c1-20-14-17-28(18-15-20)23-12-10-22(11-13-23)21(2)27-26(30)9-6-16-29(34(4,31)32)24-7-5-8-25(19-24)33-3/h5,7-8,10-13,19-21H,6,9,14-18H2,1-4H3,(H,27,30). The zero-order chi connectivity index (χ0) is 24.7. The molecule has 0 spiro atoms. The number of sulfonamides is 1. The van der Waals surface area contributed by atoms with E-state index < -0.39 is 10.0 Å². The lowest BCUT2D eigenvalue weighted by Gasteiger charge is -2.32. The molecule has 0 radical (unpaired) electrons. The number of methoxy groups -OCH3 is 1. The molecule has 1 amide bonds. The summed E-state index contributed by atoms with van der Waals surface area (Å²) in [5.41, 5.74) is 2.81. The molecule has 2 aromatic rings. The topological polar surface area (TPSA) is 79.0 Å². The largest absolute Gasteiger partial charge is 0.497 e. The van der Waals surface area contributed by atoms with Gasteiger partial charge in [-0.2, -0.15) is 0 Å². The van der Waals surface area contributed by atoms with Crippen molar-refractivity contribution in [2.45, 2.75) is 45.6 Å². The van der Waals surface area contributed by atoms with Gasteiger partial charge in [-0.3, -0.25) is 9.10 Å². The average molecular weight is 488 g/mol. The molecule has 3 rings (SSSR count). The van der Waals surface area contributed by atoms with Gasteiger partial charge >= 0.3 is 0 Å². The summed E-state index contributed by atoms with van der Waals surface area (Å²) in [5.74, 6) is 1.28. The van der Waals surface area contributed by atoms with Crippen LogP contribution in [-0.4, -0.2) is 47.3 Å². The average Bonchev–Trinajstić information content (AvgIpc) is 2.81. The molecule has 0 bridgehead atoms. The van der Waals surface area contributed by atoms with Crippen LogP contribution in [0.4, 0.5) is 11.4 Å². The van der Waals surface area contributed by atoms with Gasteiger partial charge in [0.25, 0.3) is 0 Å². The summed E-state index contributed by atoms with van der Waals surface area (Å²) in [6, 6.07) is 15.2. The highest BCUT2D eigenvalue weighted by molar-refractivity contribution is 7.92. The predicted molar refractivity (Wildman–Crippen MR) is 138 cm³/mol. The van der Waals surface area contributed by atoms with E-state index in [0.717, 1.165) is 24.6 Å². The van der Waals surface area contributed by atoms with Gasteiger partial charge in [-0.1, -0.05) is 25.1 Å². The Morgan fingerprint density at radius 2 is 1.85 bits per heavy atom. The smallest absolute Gasteiger partial charge is 0.232 e. The maximum absolute atomic E-state index is 12.5. The van der Waals surface area contributed by atoms with E-state index in [2.05, 4.69) is 41.4 Å². The van der Waals surface area contributed by atoms with Crippen LogP contribution < -0.4 is 19.3 Å². The van der Waals surface area contributed by atoms with Gasteiger partial charge in [-0.25, -0.2) is 8.42 Å². The van der Waals surface area contributed by atoms with Gasteiger partial charge in [-0.15, -0.1) is 0 Å². The molecular weight excluding hydrogens is 450 g/mol. The monoisotopic (exact) mass is 487 g/mol. The Hall–Kier alpha value is -2.74. The lowest BCUT2D eigenvalue weighted by Crippen LogP contribution is -2.33. The fraction of sp³-hybridized carbons (Fsp3) is 0.500. The molecule has 0 saturated carbocycles. The second-order valence-corrected chi connectivity index (χ2v) is 11.1. The fourth-order valence-corrected chi connectivity index (χ4v) is 5.23. The quantitative estimate of drug-likeness (QED) is 0.539. The van der Waals surface area contributed by atoms with Crippen molar-refractivity contribution < 1.29 is 17.9 Å². The third-order valence-electron chi connectivity index (χ3n) is 6.43. The van der Waals surface area contributed by atoms with Crippen LogP contribution in [0.15, 0.2) is 48.5 Å². The van der Waals surface area contributed by atoms with Gasteiger partial charge < -0.3 is 15.0 Å². The molecule has 1 aliphatic heterocycles. The minimum absolute atomic E-state index is 0.0966. The summed E-state index contributed by atoms with van der Waals surface area (Å²) in [6.07, 6.45) is 4.27. The third-order valence-corrected chi connectivity index (χ3v) is 7.62. The molecule has 0 aliphatic carbocycles. The van der Waals surface area contributed by atoms with Crippen molar-refractivity contribution in [3.8, 4) is 5.75 Å². The number of carbonyl (C=O) groups is 1. The summed E-state index contributed by atoms with van der Waals surface area (Å²) in [7, 11) is -1.94. The van der Waals surface area contributed by atoms with Crippen LogP contribution in [0.1, 0.15) is 51.1 Å².